The molecule has 0 unspecified atom stereocenters. The van der Waals surface area contributed by atoms with Gasteiger partial charge in [0, 0.05) is 11.8 Å². The molecule has 0 N–H and O–H groups in total. The number of nitrogens with zero attached hydrogens (tertiary/aromatic N) is 3. The monoisotopic (exact) mass is 243 g/mol. The molecule has 0 amide bonds. The van der Waals surface area contributed by atoms with Crippen LogP contribution in [0.5, 0.6) is 5.75 Å². The highest BCUT2D eigenvalue weighted by atomic mass is 16.5. The minimum Gasteiger partial charge on any atom is -0.496 e. The summed E-state index contributed by atoms with van der Waals surface area (Å²) in [4.78, 5) is 0. The zero-order valence-corrected chi connectivity index (χ0v) is 9.63. The number of nitriles is 1. The molecule has 4 heteroatoms. The van der Waals surface area contributed by atoms with Crippen LogP contribution in [-0.2, 0) is 6.54 Å². The van der Waals surface area contributed by atoms with Gasteiger partial charge in [0.2, 0.25) is 0 Å². The smallest absolute Gasteiger partial charge is 0.128 e. The molecule has 0 radical (unpaired) electrons. The number of rotatable bonds is 4. The Balaban J connectivity index is 0.00000162. The summed E-state index contributed by atoms with van der Waals surface area (Å²) in [5.74, 6) is 0.804. The molecular weight excluding hydrogens is 226 g/mol. The molecule has 18 heavy (non-hydrogen) atoms. The van der Waals surface area contributed by atoms with E-state index in [0.29, 0.717) is 13.0 Å². The standard InChI is InChI=1S/C13H13N3O.CH4/c1-17-13-6-3-2-5-11(13)12-7-10-16(15-12)9-4-8-14;/h2-3,5-7,10H,4,9H2,1H3;1H4. The Bertz CT molecular complexity index is 540. The summed E-state index contributed by atoms with van der Waals surface area (Å²) in [6, 6.07) is 11.8. The Labute approximate surface area is 107 Å². The van der Waals surface area contributed by atoms with Gasteiger partial charge in [-0.15, -0.1) is 0 Å². The van der Waals surface area contributed by atoms with Gasteiger partial charge in [-0.05, 0) is 18.2 Å². The van der Waals surface area contributed by atoms with Crippen LogP contribution in [0.3, 0.4) is 0 Å². The first kappa shape index (κ1) is 13.8. The summed E-state index contributed by atoms with van der Waals surface area (Å²) in [6.45, 7) is 0.617. The first-order valence-electron chi connectivity index (χ1n) is 5.39. The normalized spacial score (nSPS) is 9.33. The molecule has 0 aliphatic heterocycles. The molecule has 0 saturated carbocycles. The number of ether oxygens (including phenoxy) is 1. The molecule has 0 bridgehead atoms. The van der Waals surface area contributed by atoms with Crippen LogP contribution in [0.15, 0.2) is 36.5 Å². The fourth-order valence-electron chi connectivity index (χ4n) is 1.65. The molecule has 2 rings (SSSR count). The Morgan fingerprint density at radius 3 is 2.83 bits per heavy atom. The van der Waals surface area contributed by atoms with Gasteiger partial charge in [-0.1, -0.05) is 19.6 Å². The summed E-state index contributed by atoms with van der Waals surface area (Å²) in [5, 5.41) is 12.9. The van der Waals surface area contributed by atoms with Crippen LogP contribution in [0, 0.1) is 11.3 Å². The highest BCUT2D eigenvalue weighted by Gasteiger charge is 2.07. The van der Waals surface area contributed by atoms with Gasteiger partial charge in [0.25, 0.3) is 0 Å². The van der Waals surface area contributed by atoms with Gasteiger partial charge >= 0.3 is 0 Å². The molecule has 0 atom stereocenters. The van der Waals surface area contributed by atoms with Crippen LogP contribution in [0.4, 0.5) is 0 Å². The Morgan fingerprint density at radius 1 is 1.33 bits per heavy atom. The van der Waals surface area contributed by atoms with Gasteiger partial charge in [-0.3, -0.25) is 4.68 Å². The quantitative estimate of drug-likeness (QED) is 0.829. The first-order chi connectivity index (χ1) is 8.35. The Kier molecular flexibility index (Phi) is 4.94. The average molecular weight is 243 g/mol. The molecule has 94 valence electrons. The summed E-state index contributed by atoms with van der Waals surface area (Å²) in [7, 11) is 1.64. The number of methoxy groups -OCH3 is 1. The van der Waals surface area contributed by atoms with Gasteiger partial charge in [-0.25, -0.2) is 0 Å². The lowest BCUT2D eigenvalue weighted by molar-refractivity contribution is 0.416. The maximum Gasteiger partial charge on any atom is 0.128 e. The Morgan fingerprint density at radius 2 is 2.11 bits per heavy atom. The van der Waals surface area contributed by atoms with E-state index >= 15 is 0 Å². The second-order valence-corrected chi connectivity index (χ2v) is 3.57. The largest absolute Gasteiger partial charge is 0.496 e. The minimum absolute atomic E-state index is 0. The van der Waals surface area contributed by atoms with E-state index in [-0.39, 0.29) is 7.43 Å². The van der Waals surface area contributed by atoms with E-state index in [4.69, 9.17) is 10.00 Å². The number of hydrogen-bond acceptors (Lipinski definition) is 3. The molecule has 0 aliphatic rings. The van der Waals surface area contributed by atoms with Crippen molar-refractivity contribution in [1.29, 1.82) is 5.26 Å². The number of aryl methyl sites for hydroxylation is 1. The molecule has 1 aromatic carbocycles. The van der Waals surface area contributed by atoms with Crippen molar-refractivity contribution in [1.82, 2.24) is 9.78 Å². The van der Waals surface area contributed by atoms with E-state index in [0.717, 1.165) is 17.0 Å². The summed E-state index contributed by atoms with van der Waals surface area (Å²) in [6.07, 6.45) is 2.34. The fourth-order valence-corrected chi connectivity index (χ4v) is 1.65. The van der Waals surface area contributed by atoms with Crippen molar-refractivity contribution in [2.24, 2.45) is 0 Å². The van der Waals surface area contributed by atoms with E-state index in [1.54, 1.807) is 11.8 Å². The molecule has 0 fully saturated rings. The van der Waals surface area contributed by atoms with E-state index < -0.39 is 0 Å². The third-order valence-electron chi connectivity index (χ3n) is 2.48. The summed E-state index contributed by atoms with van der Waals surface area (Å²) in [5.41, 5.74) is 1.83. The zero-order chi connectivity index (χ0) is 12.1. The van der Waals surface area contributed by atoms with Gasteiger partial charge in [0.05, 0.1) is 31.8 Å². The molecule has 2 aromatic rings. The van der Waals surface area contributed by atoms with E-state index in [9.17, 15) is 0 Å². The highest BCUT2D eigenvalue weighted by Crippen LogP contribution is 2.27. The number of aromatic nitrogens is 2. The Hall–Kier alpha value is -2.28. The van der Waals surface area contributed by atoms with Crippen LogP contribution in [0.1, 0.15) is 13.8 Å². The van der Waals surface area contributed by atoms with Crippen molar-refractivity contribution in [3.05, 3.63) is 36.5 Å². The van der Waals surface area contributed by atoms with Crippen LogP contribution in [0.25, 0.3) is 11.3 Å². The third-order valence-corrected chi connectivity index (χ3v) is 2.48. The van der Waals surface area contributed by atoms with E-state index in [1.807, 2.05) is 36.5 Å². The van der Waals surface area contributed by atoms with Gasteiger partial charge in [-0.2, -0.15) is 10.4 Å². The molecular formula is C14H17N3O. The van der Waals surface area contributed by atoms with Gasteiger partial charge < -0.3 is 4.74 Å². The van der Waals surface area contributed by atoms with Crippen LogP contribution < -0.4 is 4.74 Å². The van der Waals surface area contributed by atoms with Crippen molar-refractivity contribution in [2.75, 3.05) is 7.11 Å². The average Bonchev–Trinajstić information content (AvgIpc) is 2.85. The number of benzene rings is 1. The lowest BCUT2D eigenvalue weighted by Gasteiger charge is -2.05. The van der Waals surface area contributed by atoms with Crippen molar-refractivity contribution in [3.63, 3.8) is 0 Å². The zero-order valence-electron chi connectivity index (χ0n) is 9.63. The fraction of sp³-hybridized carbons (Fsp3) is 0.286. The SMILES string of the molecule is C.COc1ccccc1-c1ccn(CCC#N)n1. The topological polar surface area (TPSA) is 50.8 Å². The van der Waals surface area contributed by atoms with Gasteiger partial charge in [0.1, 0.15) is 5.75 Å². The van der Waals surface area contributed by atoms with E-state index in [2.05, 4.69) is 11.2 Å². The molecule has 1 aromatic heterocycles. The van der Waals surface area contributed by atoms with Crippen molar-refractivity contribution in [3.8, 4) is 23.1 Å². The number of para-hydroxylation sites is 1. The minimum atomic E-state index is 0. The van der Waals surface area contributed by atoms with Crippen molar-refractivity contribution >= 4 is 0 Å². The lowest BCUT2D eigenvalue weighted by Crippen LogP contribution is -1.97. The van der Waals surface area contributed by atoms with Crippen LogP contribution in [-0.4, -0.2) is 16.9 Å². The summed E-state index contributed by atoms with van der Waals surface area (Å²) >= 11 is 0. The van der Waals surface area contributed by atoms with Gasteiger partial charge in [0.15, 0.2) is 0 Å². The lowest BCUT2D eigenvalue weighted by atomic mass is 10.1. The molecule has 0 saturated heterocycles. The predicted octanol–water partition coefficient (Wildman–Crippen LogP) is 3.11. The molecule has 1 heterocycles. The maximum absolute atomic E-state index is 8.52. The number of hydrogen-bond donors (Lipinski definition) is 0. The van der Waals surface area contributed by atoms with Crippen LogP contribution >= 0.6 is 0 Å². The van der Waals surface area contributed by atoms with Crippen molar-refractivity contribution in [2.45, 2.75) is 20.4 Å². The molecule has 0 spiro atoms. The van der Waals surface area contributed by atoms with Crippen molar-refractivity contribution < 1.29 is 4.74 Å². The van der Waals surface area contributed by atoms with Crippen LogP contribution in [0.2, 0.25) is 0 Å². The maximum atomic E-state index is 8.52. The first-order valence-corrected chi connectivity index (χ1v) is 5.39. The third kappa shape index (κ3) is 2.89. The summed E-state index contributed by atoms with van der Waals surface area (Å²) < 4.78 is 7.06. The second kappa shape index (κ2) is 6.45. The predicted molar refractivity (Wildman–Crippen MR) is 71.2 cm³/mol. The molecule has 4 nitrogen and oxygen atoms in total. The van der Waals surface area contributed by atoms with E-state index in [1.165, 1.54) is 0 Å². The second-order valence-electron chi connectivity index (χ2n) is 3.57. The molecule has 0 aliphatic carbocycles. The highest BCUT2D eigenvalue weighted by molar-refractivity contribution is 5.66.